The molecule has 224 valence electrons. The van der Waals surface area contributed by atoms with E-state index in [9.17, 15) is 24.3 Å². The molecule has 0 radical (unpaired) electrons. The molecule has 0 unspecified atom stereocenters. The van der Waals surface area contributed by atoms with Crippen molar-refractivity contribution in [2.24, 2.45) is 21.7 Å². The number of carbonyl (C=O) groups excluding carboxylic acids is 3. The fourth-order valence-corrected chi connectivity index (χ4v) is 3.49. The lowest BCUT2D eigenvalue weighted by Crippen LogP contribution is -2.49. The van der Waals surface area contributed by atoms with Crippen LogP contribution in [0.2, 0.25) is 0 Å². The van der Waals surface area contributed by atoms with Crippen LogP contribution in [0.25, 0.3) is 0 Å². The maximum atomic E-state index is 12.7. The summed E-state index contributed by atoms with van der Waals surface area (Å²) < 4.78 is 4.79. The van der Waals surface area contributed by atoms with Crippen LogP contribution in [0.1, 0.15) is 25.0 Å². The molecule has 0 bridgehead atoms. The highest BCUT2D eigenvalue weighted by atomic mass is 16.6. The van der Waals surface area contributed by atoms with Gasteiger partial charge < -0.3 is 42.5 Å². The van der Waals surface area contributed by atoms with Crippen LogP contribution < -0.4 is 22.1 Å². The number of amides is 1. The first-order valence-corrected chi connectivity index (χ1v) is 12.9. The largest absolute Gasteiger partial charge is 0.506 e. The average molecular weight is 582 g/mol. The van der Waals surface area contributed by atoms with Gasteiger partial charge in [0.15, 0.2) is 0 Å². The van der Waals surface area contributed by atoms with Gasteiger partial charge >= 0.3 is 17.9 Å². The summed E-state index contributed by atoms with van der Waals surface area (Å²) in [6.45, 7) is 3.29. The van der Waals surface area contributed by atoms with Gasteiger partial charge in [0.1, 0.15) is 23.5 Å². The molecule has 14 heteroatoms. The number of phenols is 1. The molecular formula is C28H35N7O7. The molecule has 42 heavy (non-hydrogen) atoms. The molecule has 0 aliphatic heterocycles. The smallest absolute Gasteiger partial charge is 0.340 e. The Morgan fingerprint density at radius 1 is 1.00 bits per heavy atom. The van der Waals surface area contributed by atoms with E-state index in [2.05, 4.69) is 20.9 Å². The predicted molar refractivity (Wildman–Crippen MR) is 154 cm³/mol. The summed E-state index contributed by atoms with van der Waals surface area (Å²) in [5, 5.41) is 39.2. The number of esters is 2. The molecule has 14 nitrogen and oxygen atoms in total. The van der Waals surface area contributed by atoms with Crippen LogP contribution in [-0.2, 0) is 36.8 Å². The number of nitrogens with zero attached hydrogens (tertiary/aromatic N) is 2. The van der Waals surface area contributed by atoms with E-state index in [1.165, 1.54) is 18.2 Å². The van der Waals surface area contributed by atoms with Crippen LogP contribution in [0.5, 0.6) is 5.75 Å². The lowest BCUT2D eigenvalue weighted by Gasteiger charge is -2.18. The van der Waals surface area contributed by atoms with Crippen molar-refractivity contribution in [2.45, 2.75) is 44.8 Å². The van der Waals surface area contributed by atoms with Crippen molar-refractivity contribution < 1.29 is 34.1 Å². The quantitative estimate of drug-likeness (QED) is 0.0398. The third-order valence-corrected chi connectivity index (χ3v) is 5.60. The van der Waals surface area contributed by atoms with E-state index in [0.717, 1.165) is 6.21 Å². The van der Waals surface area contributed by atoms with Gasteiger partial charge in [-0.15, -0.1) is 5.11 Å². The minimum absolute atomic E-state index is 0.0544. The molecule has 0 heterocycles. The number of carboxylic acid groups (broad SMARTS) is 1. The predicted octanol–water partition coefficient (Wildman–Crippen LogP) is 1.39. The number of benzene rings is 2. The molecule has 9 N–H and O–H groups in total. The molecule has 0 saturated heterocycles. The molecule has 2 aromatic rings. The van der Waals surface area contributed by atoms with Gasteiger partial charge in [0.2, 0.25) is 5.91 Å². The van der Waals surface area contributed by atoms with E-state index < -0.39 is 41.9 Å². The maximum Gasteiger partial charge on any atom is 0.340 e. The highest BCUT2D eigenvalue weighted by Gasteiger charge is 2.25. The SMILES string of the molecule is CC(C)=C[C@H](NC(=O)[C@@H](N)Cc1ccc(N=Nc2cc(C[C@H](N)C(=O)O)ccc2O)cc1)C(=O)OC(=O)CNCC=N. The minimum Gasteiger partial charge on any atom is -0.506 e. The van der Waals surface area contributed by atoms with Crippen molar-refractivity contribution in [3.63, 3.8) is 0 Å². The van der Waals surface area contributed by atoms with Crippen LogP contribution in [-0.4, -0.2) is 71.5 Å². The zero-order valence-corrected chi connectivity index (χ0v) is 23.2. The first kappa shape index (κ1) is 33.4. The number of aromatic hydroxyl groups is 1. The minimum atomic E-state index is -1.22. The molecule has 3 atom stereocenters. The second-order valence-electron chi connectivity index (χ2n) is 9.51. The van der Waals surface area contributed by atoms with Crippen molar-refractivity contribution in [1.82, 2.24) is 10.6 Å². The topological polar surface area (TPSA) is 243 Å². The summed E-state index contributed by atoms with van der Waals surface area (Å²) in [5.41, 5.74) is 14.2. The number of nitrogens with one attached hydrogen (secondary N) is 3. The molecular weight excluding hydrogens is 546 g/mol. The van der Waals surface area contributed by atoms with Gasteiger partial charge in [-0.2, -0.15) is 5.11 Å². The number of allylic oxidation sites excluding steroid dienone is 1. The highest BCUT2D eigenvalue weighted by Crippen LogP contribution is 2.29. The van der Waals surface area contributed by atoms with Gasteiger partial charge in [-0.05, 0) is 62.1 Å². The Morgan fingerprint density at radius 2 is 1.64 bits per heavy atom. The first-order chi connectivity index (χ1) is 19.9. The van der Waals surface area contributed by atoms with Crippen LogP contribution in [0, 0.1) is 5.41 Å². The van der Waals surface area contributed by atoms with Crippen molar-refractivity contribution in [1.29, 1.82) is 5.41 Å². The molecule has 0 aliphatic rings. The monoisotopic (exact) mass is 581 g/mol. The summed E-state index contributed by atoms with van der Waals surface area (Å²) in [5.74, 6) is -3.73. The van der Waals surface area contributed by atoms with Gasteiger partial charge in [0.25, 0.3) is 0 Å². The van der Waals surface area contributed by atoms with Crippen LogP contribution >= 0.6 is 0 Å². The molecule has 2 rings (SSSR count). The summed E-state index contributed by atoms with van der Waals surface area (Å²) in [6.07, 6.45) is 2.67. The molecule has 0 spiro atoms. The number of hydrogen-bond acceptors (Lipinski definition) is 12. The van der Waals surface area contributed by atoms with Gasteiger partial charge in [-0.1, -0.05) is 29.8 Å². The Bertz CT molecular complexity index is 1340. The summed E-state index contributed by atoms with van der Waals surface area (Å²) in [4.78, 5) is 48.0. The lowest BCUT2D eigenvalue weighted by atomic mass is 10.0. The number of azo groups is 1. The molecule has 1 amide bonds. The summed E-state index contributed by atoms with van der Waals surface area (Å²) >= 11 is 0. The fourth-order valence-electron chi connectivity index (χ4n) is 3.49. The number of hydrogen-bond donors (Lipinski definition) is 7. The van der Waals surface area contributed by atoms with E-state index in [1.54, 1.807) is 44.2 Å². The van der Waals surface area contributed by atoms with Crippen LogP contribution in [0.3, 0.4) is 0 Å². The number of aliphatic carboxylic acids is 1. The summed E-state index contributed by atoms with van der Waals surface area (Å²) in [7, 11) is 0. The molecule has 0 aliphatic carbocycles. The molecule has 0 fully saturated rings. The van der Waals surface area contributed by atoms with E-state index in [-0.39, 0.29) is 37.4 Å². The van der Waals surface area contributed by atoms with E-state index >= 15 is 0 Å². The molecule has 2 aromatic carbocycles. The van der Waals surface area contributed by atoms with E-state index in [4.69, 9.17) is 26.7 Å². The number of phenolic OH excluding ortho intramolecular Hbond substituents is 1. The number of carbonyl (C=O) groups is 4. The summed E-state index contributed by atoms with van der Waals surface area (Å²) in [6, 6.07) is 7.72. The Kier molecular flexibility index (Phi) is 13.1. The zero-order chi connectivity index (χ0) is 31.2. The number of nitrogens with two attached hydrogens (primary N) is 2. The van der Waals surface area contributed by atoms with Crippen molar-refractivity contribution >= 4 is 41.4 Å². The van der Waals surface area contributed by atoms with Gasteiger partial charge in [0.05, 0.1) is 18.3 Å². The number of carboxylic acids is 1. The average Bonchev–Trinajstić information content (AvgIpc) is 2.93. The highest BCUT2D eigenvalue weighted by molar-refractivity contribution is 5.94. The van der Waals surface area contributed by atoms with Gasteiger partial charge in [-0.25, -0.2) is 4.79 Å². The number of rotatable bonds is 15. The Balaban J connectivity index is 2.01. The van der Waals surface area contributed by atoms with E-state index in [1.807, 2.05) is 0 Å². The lowest BCUT2D eigenvalue weighted by molar-refractivity contribution is -0.160. The fraction of sp³-hybridized carbons (Fsp3) is 0.321. The Hall–Kier alpha value is -4.79. The van der Waals surface area contributed by atoms with Crippen molar-refractivity contribution in [3.8, 4) is 5.75 Å². The standard InChI is InChI=1S/C28H35N7O7/c1-16(2)11-23(28(41)42-25(37)15-32-10-9-29)33-26(38)20(30)12-17-3-6-19(7-4-17)34-35-22-14-18(5-8-24(22)36)13-21(31)27(39)40/h3-9,11,14,20-21,23,29,32,36H,10,12-13,15,30-31H2,1-2H3,(H,33,38)(H,39,40)/t20-,21-,23-/m0/s1. The van der Waals surface area contributed by atoms with Crippen molar-refractivity contribution in [2.75, 3.05) is 13.1 Å². The second kappa shape index (κ2) is 16.5. The van der Waals surface area contributed by atoms with Gasteiger partial charge in [0, 0.05) is 12.8 Å². The van der Waals surface area contributed by atoms with Crippen LogP contribution in [0.4, 0.5) is 11.4 Å². The van der Waals surface area contributed by atoms with Crippen molar-refractivity contribution in [3.05, 3.63) is 65.2 Å². The third-order valence-electron chi connectivity index (χ3n) is 5.60. The zero-order valence-electron chi connectivity index (χ0n) is 23.2. The Morgan fingerprint density at radius 3 is 2.26 bits per heavy atom. The molecule has 0 saturated carbocycles. The Labute approximate surface area is 242 Å². The van der Waals surface area contributed by atoms with E-state index in [0.29, 0.717) is 22.4 Å². The normalized spacial score (nSPS) is 13.0. The van der Waals surface area contributed by atoms with Crippen LogP contribution in [0.15, 0.2) is 64.3 Å². The molecule has 0 aromatic heterocycles. The third kappa shape index (κ3) is 11.4. The maximum absolute atomic E-state index is 12.7. The van der Waals surface area contributed by atoms with Gasteiger partial charge in [-0.3, -0.25) is 14.4 Å². The second-order valence-corrected chi connectivity index (χ2v) is 9.51. The first-order valence-electron chi connectivity index (χ1n) is 12.9. The number of ether oxygens (including phenoxy) is 1.